The third-order valence-corrected chi connectivity index (χ3v) is 5.54. The summed E-state index contributed by atoms with van der Waals surface area (Å²) in [5, 5.41) is 6.85. The summed E-state index contributed by atoms with van der Waals surface area (Å²) >= 11 is 0. The highest BCUT2D eigenvalue weighted by molar-refractivity contribution is 5.88. The van der Waals surface area contributed by atoms with E-state index in [1.807, 2.05) is 35.9 Å². The van der Waals surface area contributed by atoms with Gasteiger partial charge in [-0.15, -0.1) is 0 Å². The highest BCUT2D eigenvalue weighted by Gasteiger charge is 2.20. The number of benzene rings is 2. The molecular weight excluding hydrogens is 410 g/mol. The summed E-state index contributed by atoms with van der Waals surface area (Å²) in [6.07, 6.45) is 2.07. The van der Waals surface area contributed by atoms with Crippen LogP contribution in [0.25, 0.3) is 11.2 Å². The first-order valence-electron chi connectivity index (χ1n) is 11.6. The number of hydrogen-bond donors (Lipinski definition) is 2. The van der Waals surface area contributed by atoms with Crippen molar-refractivity contribution in [3.8, 4) is 0 Å². The first-order valence-corrected chi connectivity index (χ1v) is 11.6. The second-order valence-corrected chi connectivity index (χ2v) is 8.51. The monoisotopic (exact) mass is 443 g/mol. The van der Waals surface area contributed by atoms with Crippen molar-refractivity contribution in [3.63, 3.8) is 0 Å². The molecule has 0 fully saturated rings. The van der Waals surface area contributed by atoms with Gasteiger partial charge in [0.2, 0.25) is 11.9 Å². The van der Waals surface area contributed by atoms with Crippen molar-refractivity contribution >= 4 is 40.3 Å². The number of nitrogens with zero attached hydrogens (tertiary/aromatic N) is 5. The number of aryl methyl sites for hydroxylation is 3. The van der Waals surface area contributed by atoms with E-state index < -0.39 is 0 Å². The molecule has 0 radical (unpaired) electrons. The van der Waals surface area contributed by atoms with Crippen LogP contribution in [0.5, 0.6) is 0 Å². The van der Waals surface area contributed by atoms with Gasteiger partial charge >= 0.3 is 0 Å². The van der Waals surface area contributed by atoms with Crippen LogP contribution in [0.3, 0.4) is 0 Å². The molecule has 7 heteroatoms. The normalized spacial score (nSPS) is 11.1. The molecule has 7 nitrogen and oxygen atoms in total. The number of fused-ring (bicyclic) bond motifs is 1. The zero-order chi connectivity index (χ0) is 23.4. The minimum atomic E-state index is 0.574. The lowest BCUT2D eigenvalue weighted by Gasteiger charge is -2.23. The molecule has 172 valence electrons. The Morgan fingerprint density at radius 2 is 1.42 bits per heavy atom. The summed E-state index contributed by atoms with van der Waals surface area (Å²) in [6, 6.07) is 16.5. The fourth-order valence-corrected chi connectivity index (χ4v) is 4.00. The van der Waals surface area contributed by atoms with Crippen LogP contribution in [0.1, 0.15) is 37.8 Å². The van der Waals surface area contributed by atoms with Gasteiger partial charge in [-0.25, -0.2) is 4.98 Å². The summed E-state index contributed by atoms with van der Waals surface area (Å²) in [7, 11) is 1.99. The van der Waals surface area contributed by atoms with Crippen LogP contribution in [0.4, 0.5) is 29.1 Å². The first-order chi connectivity index (χ1) is 16.0. The molecule has 0 aliphatic heterocycles. The minimum Gasteiger partial charge on any atom is -0.355 e. The largest absolute Gasteiger partial charge is 0.355 e. The molecule has 0 aliphatic rings. The Kier molecular flexibility index (Phi) is 6.77. The molecule has 2 N–H and O–H groups in total. The van der Waals surface area contributed by atoms with Crippen LogP contribution in [0, 0.1) is 13.8 Å². The van der Waals surface area contributed by atoms with Gasteiger partial charge in [-0.1, -0.05) is 38.1 Å². The zero-order valence-electron chi connectivity index (χ0n) is 20.2. The van der Waals surface area contributed by atoms with Gasteiger partial charge in [-0.05, 0) is 62.1 Å². The van der Waals surface area contributed by atoms with Gasteiger partial charge in [0.25, 0.3) is 0 Å². The molecule has 0 amide bonds. The third-order valence-electron chi connectivity index (χ3n) is 5.54. The topological polar surface area (TPSA) is 70.9 Å². The van der Waals surface area contributed by atoms with Crippen molar-refractivity contribution in [3.05, 3.63) is 59.7 Å². The molecule has 2 aromatic heterocycles. The molecule has 0 spiro atoms. The van der Waals surface area contributed by atoms with Gasteiger partial charge in [-0.3, -0.25) is 4.57 Å². The molecule has 0 saturated heterocycles. The van der Waals surface area contributed by atoms with Gasteiger partial charge < -0.3 is 15.5 Å². The Morgan fingerprint density at radius 3 is 2.00 bits per heavy atom. The van der Waals surface area contributed by atoms with E-state index in [9.17, 15) is 0 Å². The molecule has 4 rings (SSSR count). The van der Waals surface area contributed by atoms with Crippen molar-refractivity contribution in [1.82, 2.24) is 19.5 Å². The Morgan fingerprint density at radius 1 is 0.818 bits per heavy atom. The van der Waals surface area contributed by atoms with Gasteiger partial charge in [0.05, 0.1) is 0 Å². The second-order valence-electron chi connectivity index (χ2n) is 8.51. The lowest BCUT2D eigenvalue weighted by Crippen LogP contribution is -2.26. The zero-order valence-corrected chi connectivity index (χ0v) is 20.2. The van der Waals surface area contributed by atoms with E-state index in [1.54, 1.807) is 0 Å². The molecule has 0 unspecified atom stereocenters. The fourth-order valence-electron chi connectivity index (χ4n) is 4.00. The molecule has 33 heavy (non-hydrogen) atoms. The van der Waals surface area contributed by atoms with Crippen LogP contribution in [0.15, 0.2) is 48.5 Å². The number of hydrogen-bond acceptors (Lipinski definition) is 6. The molecular formula is C26H33N7. The minimum absolute atomic E-state index is 0.574. The summed E-state index contributed by atoms with van der Waals surface area (Å²) in [5.41, 5.74) is 5.95. The number of anilines is 5. The molecule has 2 heterocycles. The Hall–Kier alpha value is -3.61. The number of rotatable bonds is 9. The standard InChI is InChI=1S/C26H33N7/c1-6-14-33(15-7-2)24-22-23(30-25(31-24)27-20-12-8-10-18(3)16-20)32(5)26(29-22)28-21-13-9-11-19(4)17-21/h8-13,16-17H,6-7,14-15H2,1-5H3,(H,28,29)(H,27,30,31). The quantitative estimate of drug-likeness (QED) is 0.326. The van der Waals surface area contributed by atoms with Crippen molar-refractivity contribution in [2.45, 2.75) is 40.5 Å². The van der Waals surface area contributed by atoms with Crippen LogP contribution in [0.2, 0.25) is 0 Å². The Balaban J connectivity index is 1.81. The molecule has 4 aromatic rings. The van der Waals surface area contributed by atoms with Crippen molar-refractivity contribution in [1.29, 1.82) is 0 Å². The van der Waals surface area contributed by atoms with E-state index in [0.717, 1.165) is 60.2 Å². The average Bonchev–Trinajstić information content (AvgIpc) is 3.08. The van der Waals surface area contributed by atoms with Crippen molar-refractivity contribution in [2.24, 2.45) is 7.05 Å². The van der Waals surface area contributed by atoms with E-state index in [1.165, 1.54) is 11.1 Å². The summed E-state index contributed by atoms with van der Waals surface area (Å²) in [4.78, 5) is 17.1. The summed E-state index contributed by atoms with van der Waals surface area (Å²) in [5.74, 6) is 2.18. The van der Waals surface area contributed by atoms with E-state index in [4.69, 9.17) is 15.0 Å². The molecule has 0 aliphatic carbocycles. The average molecular weight is 444 g/mol. The fraction of sp³-hybridized carbons (Fsp3) is 0.346. The smallest absolute Gasteiger partial charge is 0.231 e. The van der Waals surface area contributed by atoms with Crippen LogP contribution < -0.4 is 15.5 Å². The van der Waals surface area contributed by atoms with Gasteiger partial charge in [0.1, 0.15) is 0 Å². The number of nitrogens with one attached hydrogen (secondary N) is 2. The van der Waals surface area contributed by atoms with E-state index >= 15 is 0 Å². The van der Waals surface area contributed by atoms with Crippen LogP contribution in [-0.4, -0.2) is 32.6 Å². The number of aromatic nitrogens is 4. The molecule has 0 bridgehead atoms. The van der Waals surface area contributed by atoms with E-state index in [2.05, 4.69) is 67.5 Å². The predicted octanol–water partition coefficient (Wildman–Crippen LogP) is 6.09. The first kappa shape index (κ1) is 22.6. The highest BCUT2D eigenvalue weighted by atomic mass is 15.3. The van der Waals surface area contributed by atoms with Gasteiger partial charge in [-0.2, -0.15) is 9.97 Å². The maximum Gasteiger partial charge on any atom is 0.231 e. The maximum absolute atomic E-state index is 4.94. The maximum atomic E-state index is 4.94. The Labute approximate surface area is 195 Å². The SMILES string of the molecule is CCCN(CCC)c1nc(Nc2cccc(C)c2)nc2c1nc(Nc1cccc(C)c1)n2C. The summed E-state index contributed by atoms with van der Waals surface area (Å²) in [6.45, 7) is 10.4. The van der Waals surface area contributed by atoms with Crippen LogP contribution >= 0.6 is 0 Å². The molecule has 0 saturated carbocycles. The van der Waals surface area contributed by atoms with Crippen molar-refractivity contribution < 1.29 is 0 Å². The van der Waals surface area contributed by atoms with Gasteiger partial charge in [0, 0.05) is 31.5 Å². The molecule has 2 aromatic carbocycles. The lowest BCUT2D eigenvalue weighted by atomic mass is 10.2. The third kappa shape index (κ3) is 5.08. The second kappa shape index (κ2) is 9.90. The molecule has 0 atom stereocenters. The number of imidazole rings is 1. The van der Waals surface area contributed by atoms with E-state index in [0.29, 0.717) is 5.95 Å². The highest BCUT2D eigenvalue weighted by Crippen LogP contribution is 2.30. The predicted molar refractivity (Wildman–Crippen MR) is 138 cm³/mol. The van der Waals surface area contributed by atoms with Crippen LogP contribution in [-0.2, 0) is 7.05 Å². The van der Waals surface area contributed by atoms with E-state index in [-0.39, 0.29) is 0 Å². The van der Waals surface area contributed by atoms with Crippen molar-refractivity contribution in [2.75, 3.05) is 28.6 Å². The van der Waals surface area contributed by atoms with Gasteiger partial charge in [0.15, 0.2) is 17.0 Å². The lowest BCUT2D eigenvalue weighted by molar-refractivity contribution is 0.736. The summed E-state index contributed by atoms with van der Waals surface area (Å²) < 4.78 is 2.00. The Bertz CT molecular complexity index is 1240.